The summed E-state index contributed by atoms with van der Waals surface area (Å²) < 4.78 is 0. The Balaban J connectivity index is 2.58. The summed E-state index contributed by atoms with van der Waals surface area (Å²) in [6.07, 6.45) is 0. The first kappa shape index (κ1) is 17.1. The molecule has 1 aliphatic rings. The second-order valence-corrected chi connectivity index (χ2v) is 6.51. The van der Waals surface area contributed by atoms with Gasteiger partial charge in [-0.2, -0.15) is 0 Å². The average molecular weight is 358 g/mol. The Hall–Kier alpha value is -1.30. The molecule has 4 nitrogen and oxygen atoms in total. The van der Waals surface area contributed by atoms with Gasteiger partial charge in [0, 0.05) is 26.8 Å². The third-order valence-electron chi connectivity index (χ3n) is 3.67. The van der Waals surface area contributed by atoms with Gasteiger partial charge in [-0.05, 0) is 36.8 Å². The number of carbonyl (C=O) groups is 1. The standard InChI is InChI=1S/C15H17Cl2N3OS/c1-8-12(14(21)19(2)3)13(18-15(22)20(8)4)9-5-6-10(16)11(17)7-9/h5-7,13H,1-4H3,(H,18,22). The molecule has 2 rings (SSSR count). The number of thiocarbonyl (C=S) groups is 1. The van der Waals surface area contributed by atoms with Crippen molar-refractivity contribution in [1.29, 1.82) is 0 Å². The summed E-state index contributed by atoms with van der Waals surface area (Å²) in [4.78, 5) is 15.9. The number of carbonyl (C=O) groups excluding carboxylic acids is 1. The van der Waals surface area contributed by atoms with Crippen LogP contribution in [0.4, 0.5) is 0 Å². The van der Waals surface area contributed by atoms with Crippen LogP contribution in [0.2, 0.25) is 10.0 Å². The van der Waals surface area contributed by atoms with Crippen LogP contribution in [0.25, 0.3) is 0 Å². The van der Waals surface area contributed by atoms with Crippen LogP contribution in [0.15, 0.2) is 29.5 Å². The summed E-state index contributed by atoms with van der Waals surface area (Å²) in [7, 11) is 5.28. The maximum atomic E-state index is 12.6. The maximum Gasteiger partial charge on any atom is 0.253 e. The molecule has 1 aromatic rings. The lowest BCUT2D eigenvalue weighted by Crippen LogP contribution is -2.47. The average Bonchev–Trinajstić information content (AvgIpc) is 2.46. The number of rotatable bonds is 2. The fourth-order valence-electron chi connectivity index (χ4n) is 2.30. The summed E-state index contributed by atoms with van der Waals surface area (Å²) in [6, 6.07) is 4.96. The predicted octanol–water partition coefficient (Wildman–Crippen LogP) is 3.22. The number of nitrogens with zero attached hydrogens (tertiary/aromatic N) is 2. The Morgan fingerprint density at radius 3 is 2.50 bits per heavy atom. The zero-order valence-electron chi connectivity index (χ0n) is 12.8. The van der Waals surface area contributed by atoms with Crippen LogP contribution >= 0.6 is 35.4 Å². The molecule has 22 heavy (non-hydrogen) atoms. The largest absolute Gasteiger partial charge is 0.351 e. The molecule has 0 fully saturated rings. The van der Waals surface area contributed by atoms with Crippen molar-refractivity contribution in [3.8, 4) is 0 Å². The van der Waals surface area contributed by atoms with Crippen molar-refractivity contribution in [3.63, 3.8) is 0 Å². The van der Waals surface area contributed by atoms with Crippen molar-refractivity contribution >= 4 is 46.4 Å². The van der Waals surface area contributed by atoms with Crippen molar-refractivity contribution < 1.29 is 4.79 Å². The quantitative estimate of drug-likeness (QED) is 0.824. The highest BCUT2D eigenvalue weighted by Gasteiger charge is 2.33. The van der Waals surface area contributed by atoms with Crippen molar-refractivity contribution in [2.75, 3.05) is 21.1 Å². The number of allylic oxidation sites excluding steroid dienone is 1. The molecule has 0 aliphatic carbocycles. The summed E-state index contributed by atoms with van der Waals surface area (Å²) in [5.41, 5.74) is 2.30. The molecule has 118 valence electrons. The van der Waals surface area contributed by atoms with Gasteiger partial charge in [0.05, 0.1) is 21.7 Å². The molecule has 1 N–H and O–H groups in total. The van der Waals surface area contributed by atoms with Crippen LogP contribution in [-0.2, 0) is 4.79 Å². The van der Waals surface area contributed by atoms with Gasteiger partial charge >= 0.3 is 0 Å². The Bertz CT molecular complexity index is 673. The summed E-state index contributed by atoms with van der Waals surface area (Å²) in [6.45, 7) is 1.88. The van der Waals surface area contributed by atoms with Gasteiger partial charge in [0.2, 0.25) is 0 Å². The Morgan fingerprint density at radius 2 is 1.95 bits per heavy atom. The number of hydrogen-bond acceptors (Lipinski definition) is 2. The molecule has 7 heteroatoms. The molecule has 1 aliphatic heterocycles. The lowest BCUT2D eigenvalue weighted by atomic mass is 9.94. The second kappa shape index (κ2) is 6.44. The molecule has 1 atom stereocenters. The minimum atomic E-state index is -0.353. The zero-order valence-corrected chi connectivity index (χ0v) is 15.1. The monoisotopic (exact) mass is 357 g/mol. The summed E-state index contributed by atoms with van der Waals surface area (Å²) in [5.74, 6) is -0.0737. The van der Waals surface area contributed by atoms with Crippen LogP contribution in [0.1, 0.15) is 18.5 Å². The first-order valence-electron chi connectivity index (χ1n) is 6.65. The zero-order chi connectivity index (χ0) is 16.6. The predicted molar refractivity (Wildman–Crippen MR) is 94.1 cm³/mol. The third kappa shape index (κ3) is 3.07. The summed E-state index contributed by atoms with van der Waals surface area (Å²) >= 11 is 17.4. The van der Waals surface area contributed by atoms with E-state index >= 15 is 0 Å². The number of likely N-dealkylation sites (N-methyl/N-ethyl adjacent to an activating group) is 1. The molecular formula is C15H17Cl2N3OS. The number of nitrogens with one attached hydrogen (secondary N) is 1. The van der Waals surface area contributed by atoms with Crippen LogP contribution in [0, 0.1) is 0 Å². The molecule has 0 saturated heterocycles. The van der Waals surface area contributed by atoms with E-state index in [9.17, 15) is 4.79 Å². The van der Waals surface area contributed by atoms with Gasteiger partial charge in [-0.1, -0.05) is 29.3 Å². The normalized spacial score (nSPS) is 18.4. The van der Waals surface area contributed by atoms with Gasteiger partial charge in [0.15, 0.2) is 5.11 Å². The first-order chi connectivity index (χ1) is 10.2. The van der Waals surface area contributed by atoms with E-state index in [1.165, 1.54) is 0 Å². The van der Waals surface area contributed by atoms with Gasteiger partial charge in [0.25, 0.3) is 5.91 Å². The van der Waals surface area contributed by atoms with Gasteiger partial charge in [-0.25, -0.2) is 0 Å². The van der Waals surface area contributed by atoms with E-state index in [4.69, 9.17) is 35.4 Å². The van der Waals surface area contributed by atoms with Crippen LogP contribution in [-0.4, -0.2) is 42.0 Å². The van der Waals surface area contributed by atoms with Crippen LogP contribution in [0.5, 0.6) is 0 Å². The maximum absolute atomic E-state index is 12.6. The van der Waals surface area contributed by atoms with Crippen molar-refractivity contribution in [3.05, 3.63) is 45.1 Å². The fraction of sp³-hybridized carbons (Fsp3) is 0.333. The van der Waals surface area contributed by atoms with Gasteiger partial charge in [-0.3, -0.25) is 4.79 Å². The van der Waals surface area contributed by atoms with Crippen molar-refractivity contribution in [1.82, 2.24) is 15.1 Å². The van der Waals surface area contributed by atoms with E-state index < -0.39 is 0 Å². The molecule has 1 heterocycles. The Labute approximate surface area is 145 Å². The van der Waals surface area contributed by atoms with Gasteiger partial charge in [0.1, 0.15) is 0 Å². The van der Waals surface area contributed by atoms with E-state index in [1.807, 2.05) is 20.0 Å². The molecule has 0 bridgehead atoms. The van der Waals surface area contributed by atoms with Crippen LogP contribution in [0.3, 0.4) is 0 Å². The highest BCUT2D eigenvalue weighted by Crippen LogP contribution is 2.33. The lowest BCUT2D eigenvalue weighted by molar-refractivity contribution is -0.125. The molecule has 1 aromatic carbocycles. The highest BCUT2D eigenvalue weighted by molar-refractivity contribution is 7.80. The van der Waals surface area contributed by atoms with E-state index in [0.717, 1.165) is 11.3 Å². The molecule has 0 aromatic heterocycles. The minimum Gasteiger partial charge on any atom is -0.351 e. The molecule has 1 amide bonds. The molecule has 0 radical (unpaired) electrons. The first-order valence-corrected chi connectivity index (χ1v) is 7.82. The van der Waals surface area contributed by atoms with Crippen molar-refractivity contribution in [2.45, 2.75) is 13.0 Å². The molecule has 1 unspecified atom stereocenters. The van der Waals surface area contributed by atoms with Crippen molar-refractivity contribution in [2.24, 2.45) is 0 Å². The Kier molecular flexibility index (Phi) is 5.00. The number of amides is 1. The Morgan fingerprint density at radius 1 is 1.32 bits per heavy atom. The van der Waals surface area contributed by atoms with Gasteiger partial charge in [-0.15, -0.1) is 0 Å². The number of halogens is 2. The van der Waals surface area contributed by atoms with E-state index in [-0.39, 0.29) is 11.9 Å². The van der Waals surface area contributed by atoms with E-state index in [2.05, 4.69) is 5.32 Å². The molecule has 0 saturated carbocycles. The number of hydrogen-bond donors (Lipinski definition) is 1. The van der Waals surface area contributed by atoms with E-state index in [0.29, 0.717) is 20.7 Å². The van der Waals surface area contributed by atoms with E-state index in [1.54, 1.807) is 36.0 Å². The topological polar surface area (TPSA) is 35.6 Å². The minimum absolute atomic E-state index is 0.0737. The third-order valence-corrected chi connectivity index (χ3v) is 4.80. The number of benzene rings is 1. The highest BCUT2D eigenvalue weighted by atomic mass is 35.5. The SMILES string of the molecule is CC1=C(C(=O)N(C)C)C(c2ccc(Cl)c(Cl)c2)NC(=S)N1C. The lowest BCUT2D eigenvalue weighted by Gasteiger charge is -2.36. The smallest absolute Gasteiger partial charge is 0.253 e. The molecular weight excluding hydrogens is 341 g/mol. The fourth-order valence-corrected chi connectivity index (χ4v) is 2.86. The second-order valence-electron chi connectivity index (χ2n) is 5.31. The van der Waals surface area contributed by atoms with Gasteiger partial charge < -0.3 is 15.1 Å². The summed E-state index contributed by atoms with van der Waals surface area (Å²) in [5, 5.41) is 4.67. The van der Waals surface area contributed by atoms with Crippen LogP contribution < -0.4 is 5.32 Å². The molecule has 0 spiro atoms.